The van der Waals surface area contributed by atoms with E-state index in [0.717, 1.165) is 44.9 Å². The summed E-state index contributed by atoms with van der Waals surface area (Å²) in [5.41, 5.74) is 0. The zero-order valence-electron chi connectivity index (χ0n) is 16.3. The van der Waals surface area contributed by atoms with Gasteiger partial charge in [0.15, 0.2) is 0 Å². The van der Waals surface area contributed by atoms with Crippen molar-refractivity contribution in [3.05, 3.63) is 60.8 Å². The van der Waals surface area contributed by atoms with Crippen LogP contribution in [-0.4, -0.2) is 25.3 Å². The molecule has 0 saturated carbocycles. The fourth-order valence-electron chi connectivity index (χ4n) is 2.48. The molecule has 0 aromatic carbocycles. The van der Waals surface area contributed by atoms with Crippen LogP contribution in [0.1, 0.15) is 58.3 Å². The Bertz CT molecular complexity index is 512. The predicted octanol–water partition coefficient (Wildman–Crippen LogP) is 5.85. The number of rotatable bonds is 14. The number of esters is 1. The Hall–Kier alpha value is -1.87. The fourth-order valence-corrected chi connectivity index (χ4v) is 2.48. The molecule has 3 heteroatoms. The highest BCUT2D eigenvalue weighted by atomic mass is 16.6. The standard InChI is InChI=1S/C23H34O3/c1-3-4-5-6-7-8-9-10-11-12-13-14-15-16-17-18-21-22(26-21)19-20-23(24)25-2/h4-5,7-8,10-11,13-14,16-17,21-22H,3,6,9,12,15,18-20H2,1-2H3/b5-4+,8-7+,11-10+,14-13+,17-16+/t21-,22+/m0/s1. The Morgan fingerprint density at radius 2 is 1.31 bits per heavy atom. The molecule has 1 fully saturated rings. The van der Waals surface area contributed by atoms with Gasteiger partial charge in [-0.15, -0.1) is 0 Å². The number of ether oxygens (including phenoxy) is 2. The van der Waals surface area contributed by atoms with E-state index in [1.165, 1.54) is 7.11 Å². The Kier molecular flexibility index (Phi) is 13.1. The van der Waals surface area contributed by atoms with Crippen molar-refractivity contribution >= 4 is 5.97 Å². The molecule has 2 atom stereocenters. The Labute approximate surface area is 159 Å². The van der Waals surface area contributed by atoms with Gasteiger partial charge in [0.25, 0.3) is 0 Å². The summed E-state index contributed by atoms with van der Waals surface area (Å²) < 4.78 is 10.2. The van der Waals surface area contributed by atoms with Crippen LogP contribution in [0.15, 0.2) is 60.8 Å². The summed E-state index contributed by atoms with van der Waals surface area (Å²) in [5.74, 6) is -0.158. The van der Waals surface area contributed by atoms with Crippen LogP contribution in [0.5, 0.6) is 0 Å². The molecule has 26 heavy (non-hydrogen) atoms. The van der Waals surface area contributed by atoms with Crippen LogP contribution in [0, 0.1) is 0 Å². The van der Waals surface area contributed by atoms with Crippen molar-refractivity contribution < 1.29 is 14.3 Å². The van der Waals surface area contributed by atoms with Crippen LogP contribution in [-0.2, 0) is 14.3 Å². The van der Waals surface area contributed by atoms with E-state index in [0.29, 0.717) is 6.42 Å². The summed E-state index contributed by atoms with van der Waals surface area (Å²) in [6.45, 7) is 2.15. The largest absolute Gasteiger partial charge is 0.469 e. The highest BCUT2D eigenvalue weighted by Gasteiger charge is 2.37. The van der Waals surface area contributed by atoms with Gasteiger partial charge < -0.3 is 9.47 Å². The maximum Gasteiger partial charge on any atom is 0.305 e. The molecule has 0 aromatic rings. The monoisotopic (exact) mass is 358 g/mol. The van der Waals surface area contributed by atoms with Crippen LogP contribution in [0.3, 0.4) is 0 Å². The van der Waals surface area contributed by atoms with Crippen LogP contribution >= 0.6 is 0 Å². The molecular weight excluding hydrogens is 324 g/mol. The van der Waals surface area contributed by atoms with E-state index >= 15 is 0 Å². The van der Waals surface area contributed by atoms with Gasteiger partial charge in [-0.1, -0.05) is 67.7 Å². The Balaban J connectivity index is 1.94. The van der Waals surface area contributed by atoms with E-state index in [1.807, 2.05) is 0 Å². The molecule has 1 heterocycles. The maximum atomic E-state index is 11.0. The summed E-state index contributed by atoms with van der Waals surface area (Å²) in [5, 5.41) is 0. The van der Waals surface area contributed by atoms with Gasteiger partial charge in [-0.3, -0.25) is 4.79 Å². The first kappa shape index (κ1) is 22.2. The topological polar surface area (TPSA) is 38.8 Å². The minimum atomic E-state index is -0.158. The number of carbonyl (C=O) groups excluding carboxylic acids is 1. The van der Waals surface area contributed by atoms with Gasteiger partial charge in [-0.05, 0) is 44.9 Å². The quantitative estimate of drug-likeness (QED) is 0.222. The number of hydrogen-bond donors (Lipinski definition) is 0. The lowest BCUT2D eigenvalue weighted by atomic mass is 10.1. The van der Waals surface area contributed by atoms with Crippen molar-refractivity contribution in [1.82, 2.24) is 0 Å². The van der Waals surface area contributed by atoms with Gasteiger partial charge in [-0.2, -0.15) is 0 Å². The number of allylic oxidation sites excluding steroid dienone is 9. The smallest absolute Gasteiger partial charge is 0.305 e. The van der Waals surface area contributed by atoms with Crippen LogP contribution in [0.25, 0.3) is 0 Å². The number of carbonyl (C=O) groups is 1. The van der Waals surface area contributed by atoms with Crippen LogP contribution in [0.4, 0.5) is 0 Å². The normalized spacial score (nSPS) is 20.4. The fraction of sp³-hybridized carbons (Fsp3) is 0.522. The molecule has 3 nitrogen and oxygen atoms in total. The van der Waals surface area contributed by atoms with E-state index < -0.39 is 0 Å². The first-order valence-electron chi connectivity index (χ1n) is 9.75. The first-order valence-corrected chi connectivity index (χ1v) is 9.75. The molecule has 1 aliphatic rings. The molecule has 144 valence electrons. The van der Waals surface area contributed by atoms with Gasteiger partial charge in [0.05, 0.1) is 19.3 Å². The molecule has 0 aromatic heterocycles. The summed E-state index contributed by atoms with van der Waals surface area (Å²) in [6.07, 6.45) is 29.7. The van der Waals surface area contributed by atoms with E-state index in [4.69, 9.17) is 4.74 Å². The second-order valence-corrected chi connectivity index (χ2v) is 6.27. The number of epoxide rings is 1. The highest BCUT2D eigenvalue weighted by molar-refractivity contribution is 5.69. The van der Waals surface area contributed by atoms with Crippen molar-refractivity contribution in [2.45, 2.75) is 70.5 Å². The van der Waals surface area contributed by atoms with Crippen LogP contribution in [0.2, 0.25) is 0 Å². The molecule has 1 aliphatic heterocycles. The van der Waals surface area contributed by atoms with E-state index in [2.05, 4.69) is 72.4 Å². The summed E-state index contributed by atoms with van der Waals surface area (Å²) in [4.78, 5) is 11.0. The lowest BCUT2D eigenvalue weighted by molar-refractivity contribution is -0.140. The molecule has 0 radical (unpaired) electrons. The maximum absolute atomic E-state index is 11.0. The first-order chi connectivity index (χ1) is 12.8. The van der Waals surface area contributed by atoms with Gasteiger partial charge in [0.1, 0.15) is 0 Å². The summed E-state index contributed by atoms with van der Waals surface area (Å²) in [6, 6.07) is 0. The molecule has 0 aliphatic carbocycles. The summed E-state index contributed by atoms with van der Waals surface area (Å²) >= 11 is 0. The lowest BCUT2D eigenvalue weighted by Crippen LogP contribution is -2.03. The van der Waals surface area contributed by atoms with Gasteiger partial charge in [-0.25, -0.2) is 0 Å². The lowest BCUT2D eigenvalue weighted by Gasteiger charge is -1.95. The van der Waals surface area contributed by atoms with E-state index in [9.17, 15) is 4.79 Å². The average Bonchev–Trinajstić information content (AvgIpc) is 3.41. The van der Waals surface area contributed by atoms with Crippen molar-refractivity contribution in [1.29, 1.82) is 0 Å². The molecule has 0 spiro atoms. The minimum Gasteiger partial charge on any atom is -0.469 e. The predicted molar refractivity (Wildman–Crippen MR) is 109 cm³/mol. The molecule has 1 rings (SSSR count). The molecule has 0 N–H and O–H groups in total. The van der Waals surface area contributed by atoms with Crippen molar-refractivity contribution in [3.8, 4) is 0 Å². The minimum absolute atomic E-state index is 0.158. The van der Waals surface area contributed by atoms with Gasteiger partial charge >= 0.3 is 5.97 Å². The SMILES string of the molecule is CC/C=C/C/C=C/C/C=C/C/C=C/C/C=C/C[C@@H]1O[C@@H]1CCC(=O)OC. The second kappa shape index (κ2) is 15.4. The van der Waals surface area contributed by atoms with Crippen molar-refractivity contribution in [2.75, 3.05) is 7.11 Å². The molecule has 0 amide bonds. The van der Waals surface area contributed by atoms with Gasteiger partial charge in [0.2, 0.25) is 0 Å². The third-order valence-electron chi connectivity index (χ3n) is 4.07. The molecular formula is C23H34O3. The zero-order valence-corrected chi connectivity index (χ0v) is 16.3. The molecule has 1 saturated heterocycles. The van der Waals surface area contributed by atoms with E-state index in [1.54, 1.807) is 0 Å². The third-order valence-corrected chi connectivity index (χ3v) is 4.07. The highest BCUT2D eigenvalue weighted by Crippen LogP contribution is 2.29. The Morgan fingerprint density at radius 1 is 0.808 bits per heavy atom. The number of methoxy groups -OCH3 is 1. The number of hydrogen-bond acceptors (Lipinski definition) is 3. The van der Waals surface area contributed by atoms with E-state index in [-0.39, 0.29) is 18.2 Å². The van der Waals surface area contributed by atoms with Crippen LogP contribution < -0.4 is 0 Å². The summed E-state index contributed by atoms with van der Waals surface area (Å²) in [7, 11) is 1.42. The molecule has 0 unspecified atom stereocenters. The third kappa shape index (κ3) is 12.5. The van der Waals surface area contributed by atoms with Crippen molar-refractivity contribution in [3.63, 3.8) is 0 Å². The van der Waals surface area contributed by atoms with Gasteiger partial charge in [0, 0.05) is 6.42 Å². The Morgan fingerprint density at radius 3 is 1.81 bits per heavy atom. The zero-order chi connectivity index (χ0) is 18.9. The molecule has 0 bridgehead atoms. The average molecular weight is 359 g/mol. The van der Waals surface area contributed by atoms with Crippen molar-refractivity contribution in [2.24, 2.45) is 0 Å². The second-order valence-electron chi connectivity index (χ2n) is 6.27.